The monoisotopic (exact) mass is 293 g/mol. The van der Waals surface area contributed by atoms with Gasteiger partial charge in [0.25, 0.3) is 11.6 Å². The van der Waals surface area contributed by atoms with Gasteiger partial charge in [-0.05, 0) is 32.1 Å². The first-order valence-electron chi connectivity index (χ1n) is 6.74. The lowest BCUT2D eigenvalue weighted by molar-refractivity contribution is -0.385. The molecule has 0 radical (unpaired) electrons. The third kappa shape index (κ3) is 2.97. The highest BCUT2D eigenvalue weighted by atomic mass is 16.6. The van der Waals surface area contributed by atoms with E-state index in [0.717, 1.165) is 12.1 Å². The van der Waals surface area contributed by atoms with Crippen molar-refractivity contribution in [2.45, 2.75) is 13.0 Å². The van der Waals surface area contributed by atoms with Gasteiger partial charge in [-0.3, -0.25) is 14.9 Å². The number of phenols is 1. The minimum absolute atomic E-state index is 0.0633. The van der Waals surface area contributed by atoms with Crippen molar-refractivity contribution in [1.29, 1.82) is 0 Å². The number of carbonyl (C=O) groups is 1. The van der Waals surface area contributed by atoms with Gasteiger partial charge in [0.2, 0.25) is 0 Å². The van der Waals surface area contributed by atoms with Crippen LogP contribution in [0.25, 0.3) is 0 Å². The van der Waals surface area contributed by atoms with Gasteiger partial charge in [0.1, 0.15) is 11.3 Å². The summed E-state index contributed by atoms with van der Waals surface area (Å²) in [6, 6.07) is 3.76. The van der Waals surface area contributed by atoms with Gasteiger partial charge in [-0.25, -0.2) is 0 Å². The predicted molar refractivity (Wildman–Crippen MR) is 77.3 cm³/mol. The second-order valence-corrected chi connectivity index (χ2v) is 5.68. The lowest BCUT2D eigenvalue weighted by atomic mass is 10.1. The van der Waals surface area contributed by atoms with Crippen molar-refractivity contribution in [3.05, 3.63) is 33.9 Å². The molecule has 0 saturated carbocycles. The lowest BCUT2D eigenvalue weighted by Gasteiger charge is -2.22. The predicted octanol–water partition coefficient (Wildman–Crippen LogP) is 1.32. The molecule has 2 rings (SSSR count). The molecule has 1 amide bonds. The first kappa shape index (κ1) is 15.2. The molecule has 7 nitrogen and oxygen atoms in total. The molecule has 1 aromatic carbocycles. The van der Waals surface area contributed by atoms with Crippen LogP contribution in [0.4, 0.5) is 5.69 Å². The maximum absolute atomic E-state index is 12.5. The topological polar surface area (TPSA) is 86.9 Å². The van der Waals surface area contributed by atoms with Crippen LogP contribution in [-0.4, -0.2) is 59.0 Å². The number of carbonyl (C=O) groups excluding carboxylic acids is 1. The fraction of sp³-hybridized carbons (Fsp3) is 0.500. The Morgan fingerprint density at radius 3 is 2.62 bits per heavy atom. The fourth-order valence-electron chi connectivity index (χ4n) is 2.81. The molecule has 1 aromatic rings. The summed E-state index contributed by atoms with van der Waals surface area (Å²) < 4.78 is 0. The smallest absolute Gasteiger partial charge is 0.282 e. The summed E-state index contributed by atoms with van der Waals surface area (Å²) in [5.74, 6) is -0.269. The van der Waals surface area contributed by atoms with Crippen molar-refractivity contribution in [2.75, 3.05) is 27.2 Å². The molecule has 0 spiro atoms. The summed E-state index contributed by atoms with van der Waals surface area (Å²) in [7, 11) is 3.90. The minimum Gasteiger partial charge on any atom is -0.508 e. The highest BCUT2D eigenvalue weighted by molar-refractivity contribution is 5.98. The van der Waals surface area contributed by atoms with Gasteiger partial charge in [0.15, 0.2) is 0 Å². The number of nitrogens with zero attached hydrogens (tertiary/aromatic N) is 3. The van der Waals surface area contributed by atoms with Crippen molar-refractivity contribution < 1.29 is 14.8 Å². The second-order valence-electron chi connectivity index (χ2n) is 5.68. The molecule has 1 saturated heterocycles. The summed E-state index contributed by atoms with van der Waals surface area (Å²) in [5.41, 5.74) is -0.342. The summed E-state index contributed by atoms with van der Waals surface area (Å²) >= 11 is 0. The third-order valence-electron chi connectivity index (χ3n) is 3.93. The van der Waals surface area contributed by atoms with E-state index in [4.69, 9.17) is 0 Å². The van der Waals surface area contributed by atoms with Crippen molar-refractivity contribution in [1.82, 2.24) is 9.80 Å². The van der Waals surface area contributed by atoms with E-state index in [0.29, 0.717) is 19.0 Å². The number of aromatic hydroxyl groups is 1. The van der Waals surface area contributed by atoms with Crippen molar-refractivity contribution >= 4 is 11.6 Å². The first-order valence-corrected chi connectivity index (χ1v) is 6.74. The number of phenolic OH excluding ortho intramolecular Hbond substituents is 1. The van der Waals surface area contributed by atoms with E-state index in [1.165, 1.54) is 6.07 Å². The second kappa shape index (κ2) is 5.69. The number of likely N-dealkylation sites (tertiary alicyclic amines) is 1. The zero-order chi connectivity index (χ0) is 15.7. The highest BCUT2D eigenvalue weighted by Crippen LogP contribution is 2.28. The maximum atomic E-state index is 12.5. The van der Waals surface area contributed by atoms with E-state index < -0.39 is 10.8 Å². The molecule has 2 unspecified atom stereocenters. The van der Waals surface area contributed by atoms with E-state index in [1.54, 1.807) is 4.90 Å². The molecular formula is C14H19N3O4. The Morgan fingerprint density at radius 1 is 1.43 bits per heavy atom. The van der Waals surface area contributed by atoms with Crippen LogP contribution in [0.1, 0.15) is 17.3 Å². The van der Waals surface area contributed by atoms with E-state index >= 15 is 0 Å². The number of benzene rings is 1. The molecule has 0 bridgehead atoms. The largest absolute Gasteiger partial charge is 0.508 e. The van der Waals surface area contributed by atoms with Crippen molar-refractivity contribution in [3.63, 3.8) is 0 Å². The number of hydrogen-bond acceptors (Lipinski definition) is 5. The fourth-order valence-corrected chi connectivity index (χ4v) is 2.81. The number of nitro benzene ring substituents is 1. The summed E-state index contributed by atoms with van der Waals surface area (Å²) in [5, 5.41) is 20.5. The quantitative estimate of drug-likeness (QED) is 0.671. The third-order valence-corrected chi connectivity index (χ3v) is 3.93. The van der Waals surface area contributed by atoms with Crippen LogP contribution in [-0.2, 0) is 0 Å². The Bertz CT molecular complexity index is 573. The van der Waals surface area contributed by atoms with Crippen LogP contribution in [0.3, 0.4) is 0 Å². The molecule has 0 aromatic heterocycles. The summed E-state index contributed by atoms with van der Waals surface area (Å²) in [6.07, 6.45) is 0. The van der Waals surface area contributed by atoms with Crippen molar-refractivity contribution in [3.8, 4) is 5.75 Å². The van der Waals surface area contributed by atoms with E-state index in [2.05, 4.69) is 11.8 Å². The Morgan fingerprint density at radius 2 is 2.10 bits per heavy atom. The van der Waals surface area contributed by atoms with Gasteiger partial charge in [-0.15, -0.1) is 0 Å². The van der Waals surface area contributed by atoms with Gasteiger partial charge >= 0.3 is 0 Å². The Labute approximate surface area is 122 Å². The molecule has 2 atom stereocenters. The molecule has 21 heavy (non-hydrogen) atoms. The summed E-state index contributed by atoms with van der Waals surface area (Å²) in [6.45, 7) is 3.13. The number of rotatable bonds is 3. The molecule has 0 aliphatic carbocycles. The Balaban J connectivity index is 2.29. The van der Waals surface area contributed by atoms with E-state index in [9.17, 15) is 20.0 Å². The maximum Gasteiger partial charge on any atom is 0.282 e. The normalized spacial score (nSPS) is 21.8. The first-order chi connectivity index (χ1) is 9.81. The van der Waals surface area contributed by atoms with Crippen LogP contribution in [0.5, 0.6) is 5.75 Å². The molecular weight excluding hydrogens is 274 g/mol. The van der Waals surface area contributed by atoms with Crippen LogP contribution in [0.2, 0.25) is 0 Å². The van der Waals surface area contributed by atoms with Gasteiger partial charge in [0.05, 0.1) is 4.92 Å². The molecule has 1 fully saturated rings. The van der Waals surface area contributed by atoms with E-state index in [1.807, 2.05) is 14.1 Å². The Kier molecular flexibility index (Phi) is 4.13. The van der Waals surface area contributed by atoms with Gasteiger partial charge in [-0.2, -0.15) is 0 Å². The van der Waals surface area contributed by atoms with Gasteiger partial charge < -0.3 is 14.9 Å². The molecule has 1 aliphatic heterocycles. The minimum atomic E-state index is -0.602. The number of hydrogen-bond donors (Lipinski definition) is 1. The summed E-state index contributed by atoms with van der Waals surface area (Å²) in [4.78, 5) is 26.6. The average molecular weight is 293 g/mol. The highest BCUT2D eigenvalue weighted by Gasteiger charge is 2.36. The number of nitro groups is 1. The van der Waals surface area contributed by atoms with Gasteiger partial charge in [-0.1, -0.05) is 6.92 Å². The number of amides is 1. The van der Waals surface area contributed by atoms with Crippen LogP contribution in [0.15, 0.2) is 18.2 Å². The average Bonchev–Trinajstić information content (AvgIpc) is 2.79. The zero-order valence-corrected chi connectivity index (χ0v) is 12.3. The van der Waals surface area contributed by atoms with E-state index in [-0.39, 0.29) is 23.0 Å². The van der Waals surface area contributed by atoms with Crippen molar-refractivity contribution in [2.24, 2.45) is 5.92 Å². The molecule has 1 aliphatic rings. The lowest BCUT2D eigenvalue weighted by Crippen LogP contribution is -2.35. The number of likely N-dealkylation sites (N-methyl/N-ethyl adjacent to an activating group) is 1. The van der Waals surface area contributed by atoms with Crippen LogP contribution < -0.4 is 0 Å². The van der Waals surface area contributed by atoms with Crippen LogP contribution in [0, 0.1) is 16.0 Å². The standard InChI is InChI=1S/C14H19N3O4/c1-9-7-16(8-13(9)15(2)3)14(19)11-6-10(18)4-5-12(11)17(20)21/h4-6,9,13,18H,7-8H2,1-3H3. The molecule has 1 N–H and O–H groups in total. The van der Waals surface area contributed by atoms with Crippen LogP contribution >= 0.6 is 0 Å². The molecule has 114 valence electrons. The van der Waals surface area contributed by atoms with Gasteiger partial charge in [0, 0.05) is 25.2 Å². The molecule has 1 heterocycles. The molecule has 7 heteroatoms. The Hall–Kier alpha value is -2.15. The SMILES string of the molecule is CC1CN(C(=O)c2cc(O)ccc2[N+](=O)[O-])CC1N(C)C. The zero-order valence-electron chi connectivity index (χ0n) is 12.3.